The van der Waals surface area contributed by atoms with E-state index in [0.717, 1.165) is 44.6 Å². The number of nitrogens with zero attached hydrogens (tertiary/aromatic N) is 4. The third-order valence-corrected chi connectivity index (χ3v) is 5.80. The Morgan fingerprint density at radius 1 is 1.03 bits per heavy atom. The van der Waals surface area contributed by atoms with E-state index in [4.69, 9.17) is 11.5 Å². The summed E-state index contributed by atoms with van der Waals surface area (Å²) in [5.41, 5.74) is 13.3. The largest absolute Gasteiger partial charge is 0.354 e. The molecule has 3 heterocycles. The number of rotatable bonds is 4. The predicted octanol–water partition coefficient (Wildman–Crippen LogP) is 0.721. The molecule has 9 heteroatoms. The van der Waals surface area contributed by atoms with Crippen LogP contribution in [0.15, 0.2) is 41.3 Å². The van der Waals surface area contributed by atoms with Gasteiger partial charge < -0.3 is 16.4 Å². The second-order valence-corrected chi connectivity index (χ2v) is 8.17. The lowest BCUT2D eigenvalue weighted by atomic mass is 10.1. The van der Waals surface area contributed by atoms with Crippen LogP contribution in [0.1, 0.15) is 24.8 Å². The second kappa shape index (κ2) is 8.95. The van der Waals surface area contributed by atoms with Crippen molar-refractivity contribution < 1.29 is 4.79 Å². The predicted molar refractivity (Wildman–Crippen MR) is 116 cm³/mol. The molecule has 9 nitrogen and oxygen atoms in total. The van der Waals surface area contributed by atoms with Crippen LogP contribution in [0.3, 0.4) is 0 Å². The van der Waals surface area contributed by atoms with Crippen LogP contribution in [0.2, 0.25) is 0 Å². The molecule has 0 bridgehead atoms. The fourth-order valence-corrected chi connectivity index (χ4v) is 3.96. The van der Waals surface area contributed by atoms with Crippen molar-refractivity contribution in [2.75, 3.05) is 31.5 Å². The number of hydrogen-bond acceptors (Lipinski definition) is 6. The number of hydrogen-bond donors (Lipinski definition) is 3. The molecule has 0 spiro atoms. The molecular weight excluding hydrogens is 382 g/mol. The van der Waals surface area contributed by atoms with Gasteiger partial charge in [0.2, 0.25) is 0 Å². The molecule has 30 heavy (non-hydrogen) atoms. The fourth-order valence-electron chi connectivity index (χ4n) is 3.96. The number of benzene rings is 1. The van der Waals surface area contributed by atoms with Crippen molar-refractivity contribution in [2.45, 2.75) is 37.9 Å². The van der Waals surface area contributed by atoms with E-state index in [1.807, 2.05) is 24.3 Å². The maximum atomic E-state index is 12.5. The molecule has 160 valence electrons. The highest BCUT2D eigenvalue weighted by Crippen LogP contribution is 2.15. The standard InChI is InChI=1S/C21H29N7O2/c22-16-5-9-26(10-6-16)13-15-1-3-18(4-2-15)28-12-8-19(25-21(28)30)24-20(29)27-11-7-17(23)14-27/h1-4,8,12,16-17H,5-7,9-11,13-14,22-23H2,(H,24,25,29,30)/t17-/m1/s1. The van der Waals surface area contributed by atoms with Gasteiger partial charge in [-0.3, -0.25) is 14.8 Å². The van der Waals surface area contributed by atoms with Crippen LogP contribution < -0.4 is 22.5 Å². The van der Waals surface area contributed by atoms with Crippen LogP contribution in [-0.2, 0) is 6.54 Å². The summed E-state index contributed by atoms with van der Waals surface area (Å²) in [6.07, 6.45) is 4.48. The van der Waals surface area contributed by atoms with Crippen molar-refractivity contribution in [2.24, 2.45) is 11.5 Å². The average molecular weight is 412 g/mol. The Bertz CT molecular complexity index is 935. The zero-order chi connectivity index (χ0) is 21.1. The van der Waals surface area contributed by atoms with E-state index in [1.165, 1.54) is 10.1 Å². The summed E-state index contributed by atoms with van der Waals surface area (Å²) in [6.45, 7) is 4.04. The maximum Gasteiger partial charge on any atom is 0.354 e. The normalized spacial score (nSPS) is 20.5. The highest BCUT2D eigenvalue weighted by atomic mass is 16.2. The van der Waals surface area contributed by atoms with Crippen LogP contribution >= 0.6 is 0 Å². The van der Waals surface area contributed by atoms with E-state index in [-0.39, 0.29) is 17.9 Å². The first-order valence-electron chi connectivity index (χ1n) is 10.5. The summed E-state index contributed by atoms with van der Waals surface area (Å²) in [4.78, 5) is 32.8. The zero-order valence-electron chi connectivity index (χ0n) is 17.0. The van der Waals surface area contributed by atoms with Crippen molar-refractivity contribution in [1.82, 2.24) is 19.4 Å². The Morgan fingerprint density at radius 2 is 1.73 bits per heavy atom. The van der Waals surface area contributed by atoms with Crippen molar-refractivity contribution in [3.05, 3.63) is 52.6 Å². The molecule has 2 aromatic rings. The Kier molecular flexibility index (Phi) is 6.12. The first-order chi connectivity index (χ1) is 14.5. The molecule has 2 amide bonds. The summed E-state index contributed by atoms with van der Waals surface area (Å²) in [6, 6.07) is 9.56. The summed E-state index contributed by atoms with van der Waals surface area (Å²) in [7, 11) is 0. The maximum absolute atomic E-state index is 12.5. The number of carbonyl (C=O) groups is 1. The molecule has 2 saturated heterocycles. The average Bonchev–Trinajstić information content (AvgIpc) is 3.17. The molecule has 1 aromatic heterocycles. The van der Waals surface area contributed by atoms with Gasteiger partial charge in [-0.1, -0.05) is 12.1 Å². The lowest BCUT2D eigenvalue weighted by molar-refractivity contribution is 0.205. The number of likely N-dealkylation sites (tertiary alicyclic amines) is 2. The number of nitrogens with two attached hydrogens (primary N) is 2. The van der Waals surface area contributed by atoms with Crippen LogP contribution in [0.5, 0.6) is 0 Å². The van der Waals surface area contributed by atoms with Gasteiger partial charge in [0, 0.05) is 37.9 Å². The van der Waals surface area contributed by atoms with Crippen LogP contribution in [-0.4, -0.2) is 63.6 Å². The summed E-state index contributed by atoms with van der Waals surface area (Å²) < 4.78 is 1.46. The number of carbonyl (C=O) groups excluding carboxylic acids is 1. The number of piperidine rings is 1. The number of urea groups is 1. The first kappa shape index (κ1) is 20.5. The zero-order valence-corrected chi connectivity index (χ0v) is 17.0. The Morgan fingerprint density at radius 3 is 2.37 bits per heavy atom. The molecule has 5 N–H and O–H groups in total. The minimum Gasteiger partial charge on any atom is -0.328 e. The molecule has 0 unspecified atom stereocenters. The van der Waals surface area contributed by atoms with Crippen LogP contribution in [0, 0.1) is 0 Å². The van der Waals surface area contributed by atoms with Gasteiger partial charge in [0.1, 0.15) is 5.82 Å². The van der Waals surface area contributed by atoms with E-state index in [1.54, 1.807) is 17.2 Å². The molecule has 2 aliphatic rings. The van der Waals surface area contributed by atoms with Gasteiger partial charge in [0.25, 0.3) is 0 Å². The van der Waals surface area contributed by atoms with E-state index in [9.17, 15) is 9.59 Å². The summed E-state index contributed by atoms with van der Waals surface area (Å²) in [5.74, 6) is 0.238. The topological polar surface area (TPSA) is 123 Å². The minimum atomic E-state index is -0.441. The monoisotopic (exact) mass is 411 g/mol. The number of nitrogens with one attached hydrogen (secondary N) is 1. The van der Waals surface area contributed by atoms with Crippen molar-refractivity contribution >= 4 is 11.8 Å². The molecule has 1 aromatic carbocycles. The van der Waals surface area contributed by atoms with Gasteiger partial charge >= 0.3 is 11.7 Å². The third-order valence-electron chi connectivity index (χ3n) is 5.80. The van der Waals surface area contributed by atoms with E-state index in [0.29, 0.717) is 19.1 Å². The van der Waals surface area contributed by atoms with Gasteiger partial charge in [-0.25, -0.2) is 9.59 Å². The molecule has 4 rings (SSSR count). The molecule has 2 aliphatic heterocycles. The van der Waals surface area contributed by atoms with Gasteiger partial charge in [-0.2, -0.15) is 4.98 Å². The van der Waals surface area contributed by atoms with Gasteiger partial charge in [0.05, 0.1) is 5.69 Å². The van der Waals surface area contributed by atoms with Crippen LogP contribution in [0.25, 0.3) is 5.69 Å². The lowest BCUT2D eigenvalue weighted by Crippen LogP contribution is -2.39. The Balaban J connectivity index is 1.39. The Hall–Kier alpha value is -2.75. The lowest BCUT2D eigenvalue weighted by Gasteiger charge is -2.30. The quantitative estimate of drug-likeness (QED) is 0.681. The molecule has 0 saturated carbocycles. The minimum absolute atomic E-state index is 0.00664. The van der Waals surface area contributed by atoms with Crippen molar-refractivity contribution in [3.63, 3.8) is 0 Å². The summed E-state index contributed by atoms with van der Waals surface area (Å²) >= 11 is 0. The van der Waals surface area contributed by atoms with Crippen molar-refractivity contribution in [1.29, 1.82) is 0 Å². The number of aromatic nitrogens is 2. The van der Waals surface area contributed by atoms with Gasteiger partial charge in [0.15, 0.2) is 0 Å². The molecule has 0 aliphatic carbocycles. The second-order valence-electron chi connectivity index (χ2n) is 8.17. The highest BCUT2D eigenvalue weighted by molar-refractivity contribution is 5.88. The number of anilines is 1. The highest BCUT2D eigenvalue weighted by Gasteiger charge is 2.24. The molecule has 1 atom stereocenters. The Labute approximate surface area is 175 Å². The molecule has 0 radical (unpaired) electrons. The summed E-state index contributed by atoms with van der Waals surface area (Å²) in [5, 5.41) is 2.67. The third kappa shape index (κ3) is 4.86. The molecular formula is C21H29N7O2. The smallest absolute Gasteiger partial charge is 0.328 e. The van der Waals surface area contributed by atoms with E-state index >= 15 is 0 Å². The number of amides is 2. The molecule has 2 fully saturated rings. The van der Waals surface area contributed by atoms with E-state index < -0.39 is 5.69 Å². The van der Waals surface area contributed by atoms with Crippen LogP contribution in [0.4, 0.5) is 10.6 Å². The van der Waals surface area contributed by atoms with Gasteiger partial charge in [-0.05, 0) is 56.1 Å². The fraction of sp³-hybridized carbons (Fsp3) is 0.476. The van der Waals surface area contributed by atoms with Crippen molar-refractivity contribution in [3.8, 4) is 5.69 Å². The van der Waals surface area contributed by atoms with E-state index in [2.05, 4.69) is 15.2 Å². The SMILES string of the molecule is NC1CCN(Cc2ccc(-n3ccc(NC(=O)N4CC[C@@H](N)C4)nc3=O)cc2)CC1. The first-order valence-corrected chi connectivity index (χ1v) is 10.5. The van der Waals surface area contributed by atoms with Gasteiger partial charge in [-0.15, -0.1) is 0 Å².